The molecule has 0 radical (unpaired) electrons. The highest BCUT2D eigenvalue weighted by atomic mass is 32.1. The van der Waals surface area contributed by atoms with Gasteiger partial charge in [-0.1, -0.05) is 0 Å². The number of aromatic nitrogens is 1. The van der Waals surface area contributed by atoms with Gasteiger partial charge in [0.15, 0.2) is 5.96 Å². The zero-order valence-corrected chi connectivity index (χ0v) is 14.6. The lowest BCUT2D eigenvalue weighted by molar-refractivity contribution is 0.373. The molecule has 1 aliphatic heterocycles. The molecule has 0 aliphatic carbocycles. The van der Waals surface area contributed by atoms with Crippen LogP contribution in [0.5, 0.6) is 0 Å². The first-order chi connectivity index (χ1) is 10.8. The minimum absolute atomic E-state index is 0.746. The molecule has 0 aromatic carbocycles. The van der Waals surface area contributed by atoms with E-state index in [4.69, 9.17) is 0 Å². The van der Waals surface area contributed by atoms with Crippen molar-refractivity contribution < 1.29 is 0 Å². The van der Waals surface area contributed by atoms with Crippen LogP contribution in [-0.4, -0.2) is 49.1 Å². The van der Waals surface area contributed by atoms with Crippen LogP contribution in [0.3, 0.4) is 0 Å². The van der Waals surface area contributed by atoms with E-state index < -0.39 is 0 Å². The monoisotopic (exact) mass is 335 g/mol. The Morgan fingerprint density at radius 1 is 1.32 bits per heavy atom. The number of thiophene rings is 1. The molecule has 3 heterocycles. The van der Waals surface area contributed by atoms with Gasteiger partial charge in [-0.3, -0.25) is 4.99 Å². The number of hydrogen-bond acceptors (Lipinski definition) is 5. The Hall–Kier alpha value is -1.60. The second kappa shape index (κ2) is 7.11. The van der Waals surface area contributed by atoms with Gasteiger partial charge in [-0.15, -0.1) is 22.7 Å². The molecule has 0 amide bonds. The van der Waals surface area contributed by atoms with E-state index in [0.717, 1.165) is 49.4 Å². The molecule has 1 saturated heterocycles. The van der Waals surface area contributed by atoms with E-state index in [2.05, 4.69) is 48.0 Å². The molecule has 7 heteroatoms. The topological polar surface area (TPSA) is 43.8 Å². The maximum Gasteiger partial charge on any atom is 0.194 e. The van der Waals surface area contributed by atoms with E-state index >= 15 is 0 Å². The number of piperazine rings is 1. The summed E-state index contributed by atoms with van der Waals surface area (Å²) >= 11 is 3.50. The summed E-state index contributed by atoms with van der Waals surface area (Å²) in [6.45, 7) is 6.84. The van der Waals surface area contributed by atoms with Crippen LogP contribution in [0.2, 0.25) is 0 Å². The third-order valence-electron chi connectivity index (χ3n) is 3.67. The van der Waals surface area contributed by atoms with Crippen LogP contribution in [0.25, 0.3) is 0 Å². The fourth-order valence-corrected chi connectivity index (χ4v) is 4.06. The number of guanidine groups is 1. The van der Waals surface area contributed by atoms with Crippen molar-refractivity contribution in [3.63, 3.8) is 0 Å². The number of aliphatic imine (C=N–C) groups is 1. The summed E-state index contributed by atoms with van der Waals surface area (Å²) in [6, 6.07) is 4.31. The number of anilines is 1. The van der Waals surface area contributed by atoms with Crippen molar-refractivity contribution >= 4 is 33.6 Å². The molecule has 1 N–H and O–H groups in total. The standard InChI is InChI=1S/C15H21N5S2/c1-12-11-22-13(18-12)10-17-15(16-2)20-7-5-19(6-8-20)14-4-3-9-21-14/h3-4,9,11H,5-8,10H2,1-2H3,(H,16,17). The molecule has 0 spiro atoms. The summed E-state index contributed by atoms with van der Waals surface area (Å²) in [4.78, 5) is 13.7. The van der Waals surface area contributed by atoms with Gasteiger partial charge in [-0.2, -0.15) is 0 Å². The van der Waals surface area contributed by atoms with Gasteiger partial charge in [0, 0.05) is 44.3 Å². The molecule has 0 bridgehead atoms. The SMILES string of the molecule is CN=C(NCc1nc(C)cs1)N1CCN(c2cccs2)CC1. The second-order valence-corrected chi connectivity index (χ2v) is 7.08. The number of nitrogens with one attached hydrogen (secondary N) is 1. The van der Waals surface area contributed by atoms with Gasteiger partial charge in [-0.05, 0) is 24.4 Å². The minimum atomic E-state index is 0.746. The molecule has 0 atom stereocenters. The third-order valence-corrected chi connectivity index (χ3v) is 5.57. The van der Waals surface area contributed by atoms with Crippen molar-refractivity contribution in [2.75, 3.05) is 38.1 Å². The smallest absolute Gasteiger partial charge is 0.194 e. The van der Waals surface area contributed by atoms with E-state index in [1.165, 1.54) is 5.00 Å². The van der Waals surface area contributed by atoms with E-state index in [0.29, 0.717) is 0 Å². The number of nitrogens with zero attached hydrogens (tertiary/aromatic N) is 4. The van der Waals surface area contributed by atoms with E-state index in [9.17, 15) is 0 Å². The predicted molar refractivity (Wildman–Crippen MR) is 95.2 cm³/mol. The van der Waals surface area contributed by atoms with Crippen LogP contribution < -0.4 is 10.2 Å². The first-order valence-electron chi connectivity index (χ1n) is 7.41. The average molecular weight is 336 g/mol. The zero-order valence-electron chi connectivity index (χ0n) is 13.0. The van der Waals surface area contributed by atoms with Crippen molar-refractivity contribution in [3.05, 3.63) is 33.6 Å². The van der Waals surface area contributed by atoms with Gasteiger partial charge >= 0.3 is 0 Å². The van der Waals surface area contributed by atoms with Crippen molar-refractivity contribution in [3.8, 4) is 0 Å². The largest absolute Gasteiger partial charge is 0.360 e. The number of thiazole rings is 1. The maximum atomic E-state index is 4.48. The van der Waals surface area contributed by atoms with Gasteiger partial charge < -0.3 is 15.1 Å². The highest BCUT2D eigenvalue weighted by Gasteiger charge is 2.20. The van der Waals surface area contributed by atoms with Gasteiger partial charge in [0.2, 0.25) is 0 Å². The summed E-state index contributed by atoms with van der Waals surface area (Å²) in [7, 11) is 1.85. The molecule has 3 rings (SSSR count). The Morgan fingerprint density at radius 3 is 2.73 bits per heavy atom. The van der Waals surface area contributed by atoms with Crippen molar-refractivity contribution in [1.29, 1.82) is 0 Å². The van der Waals surface area contributed by atoms with Gasteiger partial charge in [-0.25, -0.2) is 4.98 Å². The molecule has 0 saturated carbocycles. The number of rotatable bonds is 3. The Bertz CT molecular complexity index is 612. The summed E-state index contributed by atoms with van der Waals surface area (Å²) in [5.74, 6) is 0.971. The van der Waals surface area contributed by atoms with E-state index in [-0.39, 0.29) is 0 Å². The minimum Gasteiger partial charge on any atom is -0.360 e. The van der Waals surface area contributed by atoms with Crippen LogP contribution in [-0.2, 0) is 6.54 Å². The van der Waals surface area contributed by atoms with Gasteiger partial charge in [0.1, 0.15) is 5.01 Å². The molecule has 1 fully saturated rings. The number of hydrogen-bond donors (Lipinski definition) is 1. The zero-order chi connectivity index (χ0) is 15.4. The second-order valence-electron chi connectivity index (χ2n) is 5.21. The quantitative estimate of drug-likeness (QED) is 0.691. The highest BCUT2D eigenvalue weighted by Crippen LogP contribution is 2.22. The van der Waals surface area contributed by atoms with Crippen molar-refractivity contribution in [2.24, 2.45) is 4.99 Å². The Balaban J connectivity index is 1.52. The Kier molecular flexibility index (Phi) is 4.94. The molecule has 2 aromatic heterocycles. The lowest BCUT2D eigenvalue weighted by atomic mass is 10.3. The molecule has 0 unspecified atom stereocenters. The van der Waals surface area contributed by atoms with E-state index in [1.54, 1.807) is 11.3 Å². The fraction of sp³-hybridized carbons (Fsp3) is 0.467. The van der Waals surface area contributed by atoms with Crippen LogP contribution in [0.4, 0.5) is 5.00 Å². The Labute approximate surface area is 139 Å². The number of aryl methyl sites for hydroxylation is 1. The molecular weight excluding hydrogens is 314 g/mol. The average Bonchev–Trinajstić information content (AvgIpc) is 3.20. The summed E-state index contributed by atoms with van der Waals surface area (Å²) in [6.07, 6.45) is 0. The fourth-order valence-electron chi connectivity index (χ4n) is 2.56. The van der Waals surface area contributed by atoms with E-state index in [1.807, 2.05) is 25.3 Å². The summed E-state index contributed by atoms with van der Waals surface area (Å²) < 4.78 is 0. The molecule has 5 nitrogen and oxygen atoms in total. The molecule has 118 valence electrons. The first kappa shape index (κ1) is 15.3. The van der Waals surface area contributed by atoms with Crippen LogP contribution >= 0.6 is 22.7 Å². The molecule has 2 aromatic rings. The normalized spacial score (nSPS) is 16.2. The van der Waals surface area contributed by atoms with Crippen LogP contribution in [0.1, 0.15) is 10.7 Å². The lowest BCUT2D eigenvalue weighted by Gasteiger charge is -2.36. The summed E-state index contributed by atoms with van der Waals surface area (Å²) in [5.41, 5.74) is 1.08. The van der Waals surface area contributed by atoms with Crippen molar-refractivity contribution in [2.45, 2.75) is 13.5 Å². The third kappa shape index (κ3) is 3.59. The lowest BCUT2D eigenvalue weighted by Crippen LogP contribution is -2.52. The molecule has 22 heavy (non-hydrogen) atoms. The Morgan fingerprint density at radius 2 is 2.14 bits per heavy atom. The highest BCUT2D eigenvalue weighted by molar-refractivity contribution is 7.14. The van der Waals surface area contributed by atoms with Gasteiger partial charge in [0.25, 0.3) is 0 Å². The van der Waals surface area contributed by atoms with Crippen LogP contribution in [0.15, 0.2) is 27.9 Å². The first-order valence-corrected chi connectivity index (χ1v) is 9.17. The maximum absolute atomic E-state index is 4.48. The van der Waals surface area contributed by atoms with Crippen LogP contribution in [0, 0.1) is 6.92 Å². The summed E-state index contributed by atoms with van der Waals surface area (Å²) in [5, 5.41) is 10.1. The van der Waals surface area contributed by atoms with Crippen molar-refractivity contribution in [1.82, 2.24) is 15.2 Å². The predicted octanol–water partition coefficient (Wildman–Crippen LogP) is 2.41. The molecule has 1 aliphatic rings. The molecular formula is C15H21N5S2. The van der Waals surface area contributed by atoms with Gasteiger partial charge in [0.05, 0.1) is 11.5 Å².